The molecule has 0 spiro atoms. The van der Waals surface area contributed by atoms with Gasteiger partial charge in [-0.15, -0.1) is 0 Å². The number of fused-ring (bicyclic) bond motifs is 9. The molecule has 12 nitrogen and oxygen atoms in total. The van der Waals surface area contributed by atoms with Gasteiger partial charge in [0, 0.05) is 37.2 Å². The maximum absolute atomic E-state index is 11.3. The smallest absolute Gasteiger partial charge is 0.115 e. The van der Waals surface area contributed by atoms with E-state index >= 15 is 0 Å². The van der Waals surface area contributed by atoms with E-state index in [0.29, 0.717) is 66.2 Å². The highest BCUT2D eigenvalue weighted by atomic mass is 15.1. The monoisotopic (exact) mass is 654 g/mol. The van der Waals surface area contributed by atoms with Gasteiger partial charge in [-0.2, -0.15) is 15.8 Å². The number of hydrogen-bond acceptors (Lipinski definition) is 9. The van der Waals surface area contributed by atoms with E-state index in [1.807, 2.05) is 50.1 Å². The van der Waals surface area contributed by atoms with Gasteiger partial charge < -0.3 is 13.7 Å². The van der Waals surface area contributed by atoms with Crippen LogP contribution in [0.15, 0.2) is 110 Å². The molecule has 0 aliphatic rings. The van der Waals surface area contributed by atoms with Crippen LogP contribution in [0.1, 0.15) is 16.7 Å². The molecule has 0 aliphatic carbocycles. The largest absolute Gasteiger partial charge is 0.303 e. The number of nitriles is 3. The molecule has 12 heteroatoms. The first kappa shape index (κ1) is 28.0. The molecule has 0 fully saturated rings. The van der Waals surface area contributed by atoms with Crippen LogP contribution in [0.25, 0.3) is 83.3 Å². The normalized spacial score (nSPS) is 11.5. The molecule has 9 heterocycles. The number of benzene rings is 1. The van der Waals surface area contributed by atoms with Crippen LogP contribution in [0, 0.1) is 34.0 Å². The lowest BCUT2D eigenvalue weighted by Crippen LogP contribution is -2.14. The van der Waals surface area contributed by atoms with E-state index < -0.39 is 0 Å². The average molecular weight is 655 g/mol. The first-order valence-corrected chi connectivity index (χ1v) is 15.8. The molecule has 1 aromatic carbocycles. The van der Waals surface area contributed by atoms with E-state index in [-0.39, 0.29) is 33.8 Å². The number of aromatic nitrogens is 9. The summed E-state index contributed by atoms with van der Waals surface area (Å²) in [4.78, 5) is 28.0. The first-order valence-electron chi connectivity index (χ1n) is 15.8. The number of nitrogens with zero attached hydrogens (tertiary/aromatic N) is 12. The van der Waals surface area contributed by atoms with E-state index in [9.17, 15) is 15.8 Å². The topological polar surface area (TPSA) is 164 Å². The standard InChI is InChI=1S/C39H18N12/c40-19-22-37(49-25-7-1-13-43-31(25)32-26(49)8-2-14-44-32)23(20-41)39(51-29-11-5-17-47-35(29)36-30(51)12-6-18-48-36)24(21-42)38(22)50-27-9-3-15-45-33(27)34-28(50)10-4-16-46-34/h1-18H. The van der Waals surface area contributed by atoms with Crippen molar-refractivity contribution in [1.29, 1.82) is 15.8 Å². The van der Waals surface area contributed by atoms with Crippen molar-refractivity contribution >= 4 is 66.2 Å². The van der Waals surface area contributed by atoms with E-state index in [2.05, 4.69) is 48.1 Å². The highest BCUT2D eigenvalue weighted by Crippen LogP contribution is 2.43. The summed E-state index contributed by atoms with van der Waals surface area (Å²) in [7, 11) is 0. The highest BCUT2D eigenvalue weighted by molar-refractivity contribution is 6.09. The van der Waals surface area contributed by atoms with Crippen molar-refractivity contribution in [3.05, 3.63) is 127 Å². The Labute approximate surface area is 287 Å². The quantitative estimate of drug-likeness (QED) is 0.196. The Hall–Kier alpha value is -8.01. The summed E-state index contributed by atoms with van der Waals surface area (Å²) in [6.45, 7) is 0. The maximum atomic E-state index is 11.3. The Bertz CT molecular complexity index is 2730. The minimum absolute atomic E-state index is 0.0990. The Morgan fingerprint density at radius 3 is 0.706 bits per heavy atom. The van der Waals surface area contributed by atoms with E-state index in [1.165, 1.54) is 0 Å². The molecule has 0 unspecified atom stereocenters. The summed E-state index contributed by atoms with van der Waals surface area (Å²) in [6, 6.07) is 29.4. The predicted octanol–water partition coefficient (Wildman–Crippen LogP) is 6.96. The fraction of sp³-hybridized carbons (Fsp3) is 0. The van der Waals surface area contributed by atoms with Crippen LogP contribution in [0.3, 0.4) is 0 Å². The van der Waals surface area contributed by atoms with Crippen LogP contribution in [0.2, 0.25) is 0 Å². The lowest BCUT2D eigenvalue weighted by Gasteiger charge is -2.23. The third kappa shape index (κ3) is 3.63. The molecular weight excluding hydrogens is 637 g/mol. The van der Waals surface area contributed by atoms with Crippen LogP contribution >= 0.6 is 0 Å². The average Bonchev–Trinajstić information content (AvgIpc) is 3.82. The van der Waals surface area contributed by atoms with Crippen LogP contribution in [0.4, 0.5) is 0 Å². The van der Waals surface area contributed by atoms with Crippen LogP contribution in [0.5, 0.6) is 0 Å². The Kier molecular flexibility index (Phi) is 5.77. The van der Waals surface area contributed by atoms with Gasteiger partial charge in [-0.05, 0) is 72.8 Å². The molecule has 0 aliphatic heterocycles. The van der Waals surface area contributed by atoms with Crippen molar-refractivity contribution in [2.45, 2.75) is 0 Å². The van der Waals surface area contributed by atoms with Gasteiger partial charge >= 0.3 is 0 Å². The molecule has 9 aromatic heterocycles. The van der Waals surface area contributed by atoms with E-state index in [1.54, 1.807) is 73.6 Å². The molecule has 10 aromatic rings. The van der Waals surface area contributed by atoms with Gasteiger partial charge in [-0.1, -0.05) is 0 Å². The Balaban J connectivity index is 1.53. The van der Waals surface area contributed by atoms with Gasteiger partial charge in [-0.3, -0.25) is 29.9 Å². The van der Waals surface area contributed by atoms with Gasteiger partial charge in [0.2, 0.25) is 0 Å². The third-order valence-electron chi connectivity index (χ3n) is 9.26. The molecule has 0 amide bonds. The fourth-order valence-electron chi connectivity index (χ4n) is 7.37. The molecule has 51 heavy (non-hydrogen) atoms. The first-order chi connectivity index (χ1) is 25.2. The summed E-state index contributed by atoms with van der Waals surface area (Å²) < 4.78 is 5.56. The lowest BCUT2D eigenvalue weighted by atomic mass is 9.96. The number of hydrogen-bond donors (Lipinski definition) is 0. The van der Waals surface area contributed by atoms with E-state index in [0.717, 1.165) is 0 Å². The lowest BCUT2D eigenvalue weighted by molar-refractivity contribution is 1.06. The van der Waals surface area contributed by atoms with Crippen molar-refractivity contribution in [2.75, 3.05) is 0 Å². The zero-order valence-corrected chi connectivity index (χ0v) is 26.3. The second-order valence-corrected chi connectivity index (χ2v) is 11.7. The predicted molar refractivity (Wildman–Crippen MR) is 190 cm³/mol. The van der Waals surface area contributed by atoms with Crippen LogP contribution in [-0.4, -0.2) is 43.6 Å². The summed E-state index contributed by atoms with van der Waals surface area (Å²) in [6.07, 6.45) is 10.1. The summed E-state index contributed by atoms with van der Waals surface area (Å²) >= 11 is 0. The zero-order valence-electron chi connectivity index (χ0n) is 26.3. The van der Waals surface area contributed by atoms with Gasteiger partial charge in [0.25, 0.3) is 0 Å². The fourth-order valence-corrected chi connectivity index (χ4v) is 7.37. The third-order valence-corrected chi connectivity index (χ3v) is 9.26. The number of pyridine rings is 6. The molecule has 0 N–H and O–H groups in total. The van der Waals surface area contributed by atoms with E-state index in [4.69, 9.17) is 0 Å². The Morgan fingerprint density at radius 1 is 0.333 bits per heavy atom. The SMILES string of the molecule is N#Cc1c(-n2c3cccnc3c3ncccc32)c(C#N)c(-n2c3cccnc3c3ncccc32)c(C#N)c1-n1c2cccnc2c2ncccc21. The molecule has 0 bridgehead atoms. The molecule has 0 atom stereocenters. The van der Waals surface area contributed by atoms with Crippen molar-refractivity contribution < 1.29 is 0 Å². The molecule has 0 saturated heterocycles. The van der Waals surface area contributed by atoms with Crippen molar-refractivity contribution in [3.8, 4) is 35.3 Å². The van der Waals surface area contributed by atoms with Crippen LogP contribution in [-0.2, 0) is 0 Å². The van der Waals surface area contributed by atoms with Gasteiger partial charge in [0.1, 0.15) is 68.0 Å². The second-order valence-electron chi connectivity index (χ2n) is 11.7. The second kappa shape index (κ2) is 10.5. The van der Waals surface area contributed by atoms with Crippen molar-refractivity contribution in [2.24, 2.45) is 0 Å². The molecule has 0 radical (unpaired) electrons. The van der Waals surface area contributed by atoms with Gasteiger partial charge in [0.05, 0.1) is 50.2 Å². The minimum Gasteiger partial charge on any atom is -0.303 e. The maximum Gasteiger partial charge on any atom is 0.115 e. The van der Waals surface area contributed by atoms with Crippen molar-refractivity contribution in [3.63, 3.8) is 0 Å². The molecule has 10 rings (SSSR count). The summed E-state index contributed by atoms with van der Waals surface area (Å²) in [5.74, 6) is 0. The van der Waals surface area contributed by atoms with Crippen LogP contribution < -0.4 is 0 Å². The highest BCUT2D eigenvalue weighted by Gasteiger charge is 2.33. The summed E-state index contributed by atoms with van der Waals surface area (Å²) in [5.41, 5.74) is 8.54. The summed E-state index contributed by atoms with van der Waals surface area (Å²) in [5, 5.41) is 33.9. The molecule has 0 saturated carbocycles. The molecule has 234 valence electrons. The number of rotatable bonds is 3. The Morgan fingerprint density at radius 2 is 0.529 bits per heavy atom. The molecular formula is C39H18N12. The van der Waals surface area contributed by atoms with Crippen molar-refractivity contribution in [1.82, 2.24) is 43.6 Å². The van der Waals surface area contributed by atoms with Gasteiger partial charge in [-0.25, -0.2) is 0 Å². The van der Waals surface area contributed by atoms with Gasteiger partial charge in [0.15, 0.2) is 0 Å². The zero-order chi connectivity index (χ0) is 34.2. The minimum atomic E-state index is 0.0990.